The minimum absolute atomic E-state index is 0.277. The quantitative estimate of drug-likeness (QED) is 0.416. The Balaban J connectivity index is 1.73. The molecule has 1 atom stereocenters. The van der Waals surface area contributed by atoms with Gasteiger partial charge < -0.3 is 14.8 Å². The highest BCUT2D eigenvalue weighted by Gasteiger charge is 2.22. The zero-order valence-corrected chi connectivity index (χ0v) is 17.9. The highest BCUT2D eigenvalue weighted by Crippen LogP contribution is 2.28. The minimum atomic E-state index is -0.980. The van der Waals surface area contributed by atoms with Crippen LogP contribution in [0.1, 0.15) is 17.3 Å². The maximum atomic E-state index is 12.7. The van der Waals surface area contributed by atoms with Gasteiger partial charge in [-0.05, 0) is 43.0 Å². The number of anilines is 1. The third-order valence-corrected chi connectivity index (χ3v) is 5.28. The molecule has 0 heterocycles. The molecule has 0 aliphatic rings. The fourth-order valence-electron chi connectivity index (χ4n) is 2.94. The molecule has 0 aromatic heterocycles. The Kier molecular flexibility index (Phi) is 7.14. The van der Waals surface area contributed by atoms with E-state index in [0.717, 1.165) is 16.0 Å². The van der Waals surface area contributed by atoms with Crippen molar-refractivity contribution < 1.29 is 19.1 Å². The molecule has 3 aromatic carbocycles. The van der Waals surface area contributed by atoms with Crippen LogP contribution in [0.2, 0.25) is 0 Å². The third kappa shape index (κ3) is 5.02. The van der Waals surface area contributed by atoms with Gasteiger partial charge in [0.15, 0.2) is 6.10 Å². The molecule has 0 unspecified atom stereocenters. The Labute approximate surface area is 180 Å². The highest BCUT2D eigenvalue weighted by atomic mass is 32.2. The predicted octanol–water partition coefficient (Wildman–Crippen LogP) is 5.27. The molecule has 3 rings (SSSR count). The fourth-order valence-corrected chi connectivity index (χ4v) is 3.37. The standard InChI is InChI=1S/C24H23NO4S/c1-16(29-24(27)20-14-13-18(30-3)15-22(20)28-2)23(26)25-21-12-8-7-11-19(21)17-9-5-4-6-10-17/h4-16H,1-3H3,(H,25,26)/t16-/m0/s1. The smallest absolute Gasteiger partial charge is 0.342 e. The second-order valence-electron chi connectivity index (χ2n) is 6.51. The van der Waals surface area contributed by atoms with Gasteiger partial charge in [0.05, 0.1) is 7.11 Å². The van der Waals surface area contributed by atoms with Crippen molar-refractivity contribution in [3.05, 3.63) is 78.4 Å². The molecule has 30 heavy (non-hydrogen) atoms. The van der Waals surface area contributed by atoms with Gasteiger partial charge in [-0.3, -0.25) is 4.79 Å². The fraction of sp³-hybridized carbons (Fsp3) is 0.167. The lowest BCUT2D eigenvalue weighted by Crippen LogP contribution is -2.30. The van der Waals surface area contributed by atoms with Crippen LogP contribution in [0, 0.1) is 0 Å². The monoisotopic (exact) mass is 421 g/mol. The van der Waals surface area contributed by atoms with Crippen molar-refractivity contribution in [3.8, 4) is 16.9 Å². The maximum absolute atomic E-state index is 12.7. The Morgan fingerprint density at radius 3 is 2.37 bits per heavy atom. The van der Waals surface area contributed by atoms with E-state index in [4.69, 9.17) is 9.47 Å². The summed E-state index contributed by atoms with van der Waals surface area (Å²) < 4.78 is 10.7. The van der Waals surface area contributed by atoms with Crippen LogP contribution in [-0.4, -0.2) is 31.3 Å². The van der Waals surface area contributed by atoms with Gasteiger partial charge in [0.1, 0.15) is 11.3 Å². The molecule has 0 saturated heterocycles. The molecule has 1 N–H and O–H groups in total. The van der Waals surface area contributed by atoms with Crippen molar-refractivity contribution in [2.45, 2.75) is 17.9 Å². The number of methoxy groups -OCH3 is 1. The van der Waals surface area contributed by atoms with Crippen molar-refractivity contribution in [1.82, 2.24) is 0 Å². The second kappa shape index (κ2) is 9.98. The molecule has 0 radical (unpaired) electrons. The van der Waals surface area contributed by atoms with E-state index in [1.165, 1.54) is 7.11 Å². The number of nitrogens with one attached hydrogen (secondary N) is 1. The number of esters is 1. The first-order valence-corrected chi connectivity index (χ1v) is 10.6. The average Bonchev–Trinajstić information content (AvgIpc) is 2.79. The molecular formula is C24H23NO4S. The molecular weight excluding hydrogens is 398 g/mol. The summed E-state index contributed by atoms with van der Waals surface area (Å²) in [5, 5.41) is 2.86. The van der Waals surface area contributed by atoms with Gasteiger partial charge in [-0.15, -0.1) is 11.8 Å². The number of hydrogen-bond donors (Lipinski definition) is 1. The normalized spacial score (nSPS) is 11.4. The van der Waals surface area contributed by atoms with Gasteiger partial charge in [-0.1, -0.05) is 48.5 Å². The third-order valence-electron chi connectivity index (χ3n) is 4.55. The van der Waals surface area contributed by atoms with E-state index in [9.17, 15) is 9.59 Å². The summed E-state index contributed by atoms with van der Waals surface area (Å²) in [6, 6.07) is 22.5. The highest BCUT2D eigenvalue weighted by molar-refractivity contribution is 7.98. The second-order valence-corrected chi connectivity index (χ2v) is 7.39. The predicted molar refractivity (Wildman–Crippen MR) is 120 cm³/mol. The molecule has 0 saturated carbocycles. The summed E-state index contributed by atoms with van der Waals surface area (Å²) in [5.41, 5.74) is 2.80. The number of hydrogen-bond acceptors (Lipinski definition) is 5. The molecule has 0 fully saturated rings. The van der Waals surface area contributed by atoms with Gasteiger partial charge in [0.25, 0.3) is 5.91 Å². The summed E-state index contributed by atoms with van der Waals surface area (Å²) in [7, 11) is 1.49. The van der Waals surface area contributed by atoms with Crippen molar-refractivity contribution in [2.75, 3.05) is 18.7 Å². The molecule has 0 bridgehead atoms. The summed E-state index contributed by atoms with van der Waals surface area (Å²) in [4.78, 5) is 26.3. The molecule has 0 aliphatic heterocycles. The van der Waals surface area contributed by atoms with Gasteiger partial charge in [0, 0.05) is 16.1 Å². The zero-order chi connectivity index (χ0) is 21.5. The first kappa shape index (κ1) is 21.5. The Hall–Kier alpha value is -3.25. The summed E-state index contributed by atoms with van der Waals surface area (Å²) in [5.74, 6) is -0.612. The SMILES string of the molecule is COc1cc(SC)ccc1C(=O)O[C@@H](C)C(=O)Nc1ccccc1-c1ccccc1. The van der Waals surface area contributed by atoms with Gasteiger partial charge in [0.2, 0.25) is 0 Å². The molecule has 6 heteroatoms. The number of thioether (sulfide) groups is 1. The number of carbonyl (C=O) groups excluding carboxylic acids is 2. The lowest BCUT2D eigenvalue weighted by atomic mass is 10.0. The van der Waals surface area contributed by atoms with Crippen LogP contribution in [0.5, 0.6) is 5.75 Å². The molecule has 5 nitrogen and oxygen atoms in total. The molecule has 3 aromatic rings. The number of rotatable bonds is 7. The number of amides is 1. The van der Waals surface area contributed by atoms with E-state index in [1.807, 2.05) is 66.9 Å². The van der Waals surface area contributed by atoms with E-state index in [2.05, 4.69) is 5.32 Å². The maximum Gasteiger partial charge on any atom is 0.342 e. The molecule has 154 valence electrons. The first-order chi connectivity index (χ1) is 14.5. The summed E-state index contributed by atoms with van der Waals surface area (Å²) >= 11 is 1.54. The lowest BCUT2D eigenvalue weighted by molar-refractivity contribution is -0.123. The van der Waals surface area contributed by atoms with E-state index in [1.54, 1.807) is 30.8 Å². The Bertz CT molecular complexity index is 1040. The van der Waals surface area contributed by atoms with Crippen molar-refractivity contribution in [1.29, 1.82) is 0 Å². The Morgan fingerprint density at radius 2 is 1.67 bits per heavy atom. The van der Waals surface area contributed by atoms with Crippen molar-refractivity contribution in [3.63, 3.8) is 0 Å². The van der Waals surface area contributed by atoms with Crippen molar-refractivity contribution >= 4 is 29.3 Å². The van der Waals surface area contributed by atoms with E-state index < -0.39 is 18.0 Å². The summed E-state index contributed by atoms with van der Waals surface area (Å²) in [6.45, 7) is 1.54. The van der Waals surface area contributed by atoms with E-state index in [-0.39, 0.29) is 5.56 Å². The largest absolute Gasteiger partial charge is 0.496 e. The first-order valence-electron chi connectivity index (χ1n) is 9.41. The van der Waals surface area contributed by atoms with Crippen LogP contribution >= 0.6 is 11.8 Å². The number of carbonyl (C=O) groups is 2. The van der Waals surface area contributed by atoms with E-state index in [0.29, 0.717) is 11.4 Å². The Morgan fingerprint density at radius 1 is 0.967 bits per heavy atom. The van der Waals surface area contributed by atoms with Gasteiger partial charge >= 0.3 is 5.97 Å². The van der Waals surface area contributed by atoms with Gasteiger partial charge in [-0.25, -0.2) is 4.79 Å². The van der Waals surface area contributed by atoms with E-state index >= 15 is 0 Å². The van der Waals surface area contributed by atoms with Crippen LogP contribution in [0.4, 0.5) is 5.69 Å². The topological polar surface area (TPSA) is 64.6 Å². The van der Waals surface area contributed by atoms with Gasteiger partial charge in [-0.2, -0.15) is 0 Å². The minimum Gasteiger partial charge on any atom is -0.496 e. The van der Waals surface area contributed by atoms with Crippen LogP contribution in [0.3, 0.4) is 0 Å². The van der Waals surface area contributed by atoms with Crippen LogP contribution in [-0.2, 0) is 9.53 Å². The summed E-state index contributed by atoms with van der Waals surface area (Å²) in [6.07, 6.45) is 0.957. The van der Waals surface area contributed by atoms with Crippen LogP contribution in [0.15, 0.2) is 77.7 Å². The zero-order valence-electron chi connectivity index (χ0n) is 17.0. The molecule has 0 spiro atoms. The molecule has 1 amide bonds. The van der Waals surface area contributed by atoms with Crippen LogP contribution in [0.25, 0.3) is 11.1 Å². The van der Waals surface area contributed by atoms with Crippen LogP contribution < -0.4 is 10.1 Å². The lowest BCUT2D eigenvalue weighted by Gasteiger charge is -2.17. The number of para-hydroxylation sites is 1. The average molecular weight is 422 g/mol. The molecule has 0 aliphatic carbocycles. The van der Waals surface area contributed by atoms with Crippen molar-refractivity contribution in [2.24, 2.45) is 0 Å². The number of ether oxygens (including phenoxy) is 2. The number of benzene rings is 3.